The monoisotopic (exact) mass is 315 g/mol. The minimum absolute atomic E-state index is 0.00846. The quantitative estimate of drug-likeness (QED) is 0.858. The number of rotatable bonds is 3. The number of ether oxygens (including phenoxy) is 1. The molecule has 0 bridgehead atoms. The van der Waals surface area contributed by atoms with E-state index in [0.29, 0.717) is 25.3 Å². The minimum atomic E-state index is -0.242. The van der Waals surface area contributed by atoms with Gasteiger partial charge in [0.1, 0.15) is 12.4 Å². The molecular weight excluding hydrogens is 294 g/mol. The van der Waals surface area contributed by atoms with E-state index in [2.05, 4.69) is 15.2 Å². The number of amides is 1. The summed E-state index contributed by atoms with van der Waals surface area (Å²) in [5.41, 5.74) is 2.32. The molecule has 0 saturated carbocycles. The van der Waals surface area contributed by atoms with Crippen LogP contribution in [0.4, 0.5) is 0 Å². The molecule has 23 heavy (non-hydrogen) atoms. The lowest BCUT2D eigenvalue weighted by atomic mass is 10.1. The summed E-state index contributed by atoms with van der Waals surface area (Å²) in [5.74, 6) is 0.759. The van der Waals surface area contributed by atoms with Crippen LogP contribution in [0.5, 0.6) is 0 Å². The summed E-state index contributed by atoms with van der Waals surface area (Å²) in [7, 11) is 0. The maximum atomic E-state index is 12.8. The van der Waals surface area contributed by atoms with Gasteiger partial charge in [-0.1, -0.05) is 0 Å². The van der Waals surface area contributed by atoms with E-state index >= 15 is 0 Å². The Morgan fingerprint density at radius 2 is 2.22 bits per heavy atom. The van der Waals surface area contributed by atoms with Crippen molar-refractivity contribution in [3.63, 3.8) is 0 Å². The molecule has 3 heterocycles. The Balaban J connectivity index is 1.79. The largest absolute Gasteiger partial charge is 0.366 e. The Kier molecular flexibility index (Phi) is 4.38. The van der Waals surface area contributed by atoms with Gasteiger partial charge in [-0.25, -0.2) is 0 Å². The maximum absolute atomic E-state index is 12.8. The van der Waals surface area contributed by atoms with Crippen LogP contribution < -0.4 is 0 Å². The maximum Gasteiger partial charge on any atom is 0.255 e. The van der Waals surface area contributed by atoms with E-state index in [1.54, 1.807) is 6.33 Å². The molecule has 3 rings (SSSR count). The van der Waals surface area contributed by atoms with Gasteiger partial charge in [-0.2, -0.15) is 0 Å². The first kappa shape index (κ1) is 15.6. The molecule has 2 aromatic heterocycles. The van der Waals surface area contributed by atoms with Gasteiger partial charge in [-0.3, -0.25) is 9.78 Å². The van der Waals surface area contributed by atoms with E-state index in [-0.39, 0.29) is 12.0 Å². The highest BCUT2D eigenvalue weighted by Crippen LogP contribution is 2.22. The molecule has 7 heteroatoms. The van der Waals surface area contributed by atoms with Crippen molar-refractivity contribution in [2.24, 2.45) is 0 Å². The summed E-state index contributed by atoms with van der Waals surface area (Å²) in [4.78, 5) is 19.0. The Hall–Kier alpha value is -2.28. The molecule has 1 aliphatic rings. The van der Waals surface area contributed by atoms with Gasteiger partial charge in [0.25, 0.3) is 5.91 Å². The summed E-state index contributed by atoms with van der Waals surface area (Å²) in [6.45, 7) is 8.13. The number of carbonyl (C=O) groups excluding carboxylic acids is 1. The van der Waals surface area contributed by atoms with Crippen LogP contribution in [0.15, 0.2) is 18.5 Å². The average Bonchev–Trinajstić information content (AvgIpc) is 3.03. The second-order valence-corrected chi connectivity index (χ2v) is 5.67. The molecule has 0 spiro atoms. The Labute approximate surface area is 135 Å². The van der Waals surface area contributed by atoms with Crippen molar-refractivity contribution in [3.05, 3.63) is 41.2 Å². The summed E-state index contributed by atoms with van der Waals surface area (Å²) < 4.78 is 7.74. The Morgan fingerprint density at radius 1 is 1.39 bits per heavy atom. The smallest absolute Gasteiger partial charge is 0.255 e. The van der Waals surface area contributed by atoms with Crippen molar-refractivity contribution in [1.82, 2.24) is 24.6 Å². The summed E-state index contributed by atoms with van der Waals surface area (Å²) in [5, 5.41) is 8.08. The molecule has 0 radical (unpaired) electrons. The molecule has 0 aliphatic carbocycles. The van der Waals surface area contributed by atoms with Crippen molar-refractivity contribution in [2.75, 3.05) is 19.7 Å². The molecule has 7 nitrogen and oxygen atoms in total. The van der Waals surface area contributed by atoms with Gasteiger partial charge in [0.2, 0.25) is 0 Å². The molecule has 122 valence electrons. The fourth-order valence-corrected chi connectivity index (χ4v) is 2.83. The third-order valence-corrected chi connectivity index (χ3v) is 4.08. The van der Waals surface area contributed by atoms with Gasteiger partial charge in [0, 0.05) is 18.8 Å². The minimum Gasteiger partial charge on any atom is -0.366 e. The molecular formula is C16H21N5O2. The van der Waals surface area contributed by atoms with Crippen molar-refractivity contribution in [2.45, 2.75) is 33.4 Å². The highest BCUT2D eigenvalue weighted by atomic mass is 16.5. The van der Waals surface area contributed by atoms with Crippen LogP contribution in [-0.2, 0) is 11.3 Å². The predicted octanol–water partition coefficient (Wildman–Crippen LogP) is 1.52. The fourth-order valence-electron chi connectivity index (χ4n) is 2.83. The number of nitrogens with zero attached hydrogens (tertiary/aromatic N) is 5. The molecule has 0 N–H and O–H groups in total. The van der Waals surface area contributed by atoms with E-state index in [0.717, 1.165) is 23.8 Å². The van der Waals surface area contributed by atoms with Crippen LogP contribution in [0.25, 0.3) is 0 Å². The molecule has 0 aromatic carbocycles. The lowest BCUT2D eigenvalue weighted by Gasteiger charge is -2.32. The predicted molar refractivity (Wildman–Crippen MR) is 84.0 cm³/mol. The first-order valence-corrected chi connectivity index (χ1v) is 7.83. The molecule has 1 amide bonds. The van der Waals surface area contributed by atoms with Crippen LogP contribution in [0, 0.1) is 13.8 Å². The number of morpholine rings is 1. The lowest BCUT2D eigenvalue weighted by molar-refractivity contribution is -0.0284. The molecule has 1 atom stereocenters. The third-order valence-electron chi connectivity index (χ3n) is 4.08. The van der Waals surface area contributed by atoms with Gasteiger partial charge in [0.05, 0.1) is 24.4 Å². The van der Waals surface area contributed by atoms with E-state index in [9.17, 15) is 4.79 Å². The molecule has 1 aliphatic heterocycles. The van der Waals surface area contributed by atoms with E-state index < -0.39 is 0 Å². The van der Waals surface area contributed by atoms with Crippen LogP contribution in [0.1, 0.15) is 40.6 Å². The van der Waals surface area contributed by atoms with E-state index in [4.69, 9.17) is 4.74 Å². The zero-order valence-electron chi connectivity index (χ0n) is 13.7. The molecule has 1 saturated heterocycles. The van der Waals surface area contributed by atoms with Crippen molar-refractivity contribution >= 4 is 5.91 Å². The number of pyridine rings is 1. The van der Waals surface area contributed by atoms with Crippen molar-refractivity contribution < 1.29 is 9.53 Å². The average molecular weight is 315 g/mol. The van der Waals surface area contributed by atoms with E-state index in [1.165, 1.54) is 0 Å². The fraction of sp³-hybridized carbons (Fsp3) is 0.500. The first-order chi connectivity index (χ1) is 11.1. The number of hydrogen-bond acceptors (Lipinski definition) is 5. The van der Waals surface area contributed by atoms with E-state index in [1.807, 2.05) is 42.4 Å². The van der Waals surface area contributed by atoms with Gasteiger partial charge < -0.3 is 14.2 Å². The molecule has 1 unspecified atom stereocenters. The second-order valence-electron chi connectivity index (χ2n) is 5.67. The lowest BCUT2D eigenvalue weighted by Crippen LogP contribution is -2.43. The summed E-state index contributed by atoms with van der Waals surface area (Å²) >= 11 is 0. The second kappa shape index (κ2) is 6.45. The van der Waals surface area contributed by atoms with Crippen molar-refractivity contribution in [3.8, 4) is 0 Å². The van der Waals surface area contributed by atoms with Crippen molar-refractivity contribution in [1.29, 1.82) is 0 Å². The van der Waals surface area contributed by atoms with Crippen LogP contribution in [0.2, 0.25) is 0 Å². The highest BCUT2D eigenvalue weighted by molar-refractivity contribution is 5.95. The SMILES string of the molecule is CCn1cnnc1C1CN(C(=O)c2ccc(C)nc2C)CCO1. The number of carbonyl (C=O) groups is 1. The van der Waals surface area contributed by atoms with Gasteiger partial charge in [-0.15, -0.1) is 10.2 Å². The van der Waals surface area contributed by atoms with Crippen LogP contribution in [-0.4, -0.2) is 50.3 Å². The van der Waals surface area contributed by atoms with Gasteiger partial charge in [0.15, 0.2) is 5.82 Å². The highest BCUT2D eigenvalue weighted by Gasteiger charge is 2.29. The van der Waals surface area contributed by atoms with Crippen LogP contribution in [0.3, 0.4) is 0 Å². The zero-order valence-corrected chi connectivity index (χ0v) is 13.7. The third kappa shape index (κ3) is 3.10. The standard InChI is InChI=1S/C16H21N5O2/c1-4-20-10-17-19-15(20)14-9-21(7-8-23-14)16(22)13-6-5-11(2)18-12(13)3/h5-6,10,14H,4,7-9H2,1-3H3. The zero-order chi connectivity index (χ0) is 16.4. The normalized spacial score (nSPS) is 18.2. The number of aryl methyl sites for hydroxylation is 3. The number of aromatic nitrogens is 4. The van der Waals surface area contributed by atoms with Gasteiger partial charge >= 0.3 is 0 Å². The summed E-state index contributed by atoms with van der Waals surface area (Å²) in [6, 6.07) is 3.71. The number of hydrogen-bond donors (Lipinski definition) is 0. The molecule has 2 aromatic rings. The Bertz CT molecular complexity index is 712. The first-order valence-electron chi connectivity index (χ1n) is 7.83. The summed E-state index contributed by atoms with van der Waals surface area (Å²) in [6.07, 6.45) is 1.45. The Morgan fingerprint density at radius 3 is 2.96 bits per heavy atom. The molecule has 1 fully saturated rings. The van der Waals surface area contributed by atoms with Gasteiger partial charge in [-0.05, 0) is 32.9 Å². The topological polar surface area (TPSA) is 73.1 Å². The van der Waals surface area contributed by atoms with Crippen LogP contribution >= 0.6 is 0 Å².